The average molecular weight is 439 g/mol. The van der Waals surface area contributed by atoms with E-state index >= 15 is 0 Å². The fourth-order valence-corrected chi connectivity index (χ4v) is 4.17. The maximum atomic E-state index is 9.47. The molecule has 1 N–H and O–H groups in total. The summed E-state index contributed by atoms with van der Waals surface area (Å²) in [5.74, 6) is 3.41. The topological polar surface area (TPSA) is 92.7 Å². The van der Waals surface area contributed by atoms with Crippen molar-refractivity contribution in [3.63, 3.8) is 0 Å². The molecule has 1 aliphatic carbocycles. The highest BCUT2D eigenvalue weighted by Gasteiger charge is 2.27. The number of benzene rings is 1. The number of nitrogens with one attached hydrogen (secondary N) is 1. The maximum Gasteiger partial charge on any atom is 0.252 e. The summed E-state index contributed by atoms with van der Waals surface area (Å²) in [4.78, 5) is 4.44. The standard InChI is InChI=1S/C25H34N4O3/c1-4-7-8-18-9-12-20(13-10-18)24-28-21(16-26)25(32-24)29-27-17-19-11-14-22(30-5-2)23(15-19)31-6-3/h11,14-15,17-18,20,29H,4-10,12-13H2,1-3H3. The fourth-order valence-electron chi connectivity index (χ4n) is 4.17. The second-order valence-corrected chi connectivity index (χ2v) is 8.14. The monoisotopic (exact) mass is 438 g/mol. The minimum absolute atomic E-state index is 0.243. The number of ether oxygens (including phenoxy) is 2. The van der Waals surface area contributed by atoms with Crippen molar-refractivity contribution in [3.05, 3.63) is 35.3 Å². The summed E-state index contributed by atoms with van der Waals surface area (Å²) in [6.45, 7) is 7.23. The number of oxazole rings is 1. The smallest absolute Gasteiger partial charge is 0.252 e. The third-order valence-electron chi connectivity index (χ3n) is 5.86. The van der Waals surface area contributed by atoms with Crippen LogP contribution in [0.3, 0.4) is 0 Å². The SMILES string of the molecule is CCCCC1CCC(c2nc(C#N)c(NN=Cc3ccc(OCC)c(OCC)c3)o2)CC1. The zero-order chi connectivity index (χ0) is 22.8. The normalized spacial score (nSPS) is 18.4. The number of hydrazone groups is 1. The summed E-state index contributed by atoms with van der Waals surface area (Å²) >= 11 is 0. The van der Waals surface area contributed by atoms with Crippen LogP contribution < -0.4 is 14.9 Å². The number of nitrogens with zero attached hydrogens (tertiary/aromatic N) is 3. The van der Waals surface area contributed by atoms with E-state index < -0.39 is 0 Å². The molecule has 32 heavy (non-hydrogen) atoms. The van der Waals surface area contributed by atoms with Gasteiger partial charge in [0.05, 0.1) is 19.4 Å². The van der Waals surface area contributed by atoms with Crippen molar-refractivity contribution < 1.29 is 13.9 Å². The lowest BCUT2D eigenvalue weighted by molar-refractivity contribution is 0.278. The molecule has 0 saturated heterocycles. The molecule has 1 aromatic carbocycles. The summed E-state index contributed by atoms with van der Waals surface area (Å²) < 4.78 is 17.2. The van der Waals surface area contributed by atoms with Gasteiger partial charge in [0, 0.05) is 5.92 Å². The van der Waals surface area contributed by atoms with E-state index in [2.05, 4.69) is 28.5 Å². The second kappa shape index (κ2) is 12.1. The van der Waals surface area contributed by atoms with E-state index in [9.17, 15) is 5.26 Å². The molecule has 7 heteroatoms. The van der Waals surface area contributed by atoms with Gasteiger partial charge in [0.15, 0.2) is 11.5 Å². The van der Waals surface area contributed by atoms with Gasteiger partial charge >= 0.3 is 0 Å². The largest absolute Gasteiger partial charge is 0.490 e. The molecule has 7 nitrogen and oxygen atoms in total. The minimum Gasteiger partial charge on any atom is -0.490 e. The first-order chi connectivity index (χ1) is 15.7. The lowest BCUT2D eigenvalue weighted by Gasteiger charge is -2.26. The zero-order valence-corrected chi connectivity index (χ0v) is 19.4. The van der Waals surface area contributed by atoms with Crippen molar-refractivity contribution in [1.82, 2.24) is 4.98 Å². The molecule has 1 fully saturated rings. The first-order valence-corrected chi connectivity index (χ1v) is 11.8. The van der Waals surface area contributed by atoms with Crippen LogP contribution in [0.15, 0.2) is 27.7 Å². The first kappa shape index (κ1) is 23.6. The summed E-state index contributed by atoms with van der Waals surface area (Å²) in [6.07, 6.45) is 10.1. The third kappa shape index (κ3) is 6.25. The summed E-state index contributed by atoms with van der Waals surface area (Å²) in [5.41, 5.74) is 3.93. The molecule has 0 aliphatic heterocycles. The lowest BCUT2D eigenvalue weighted by Crippen LogP contribution is -2.13. The number of hydrogen-bond donors (Lipinski definition) is 1. The van der Waals surface area contributed by atoms with Gasteiger partial charge < -0.3 is 13.9 Å². The van der Waals surface area contributed by atoms with Crippen LogP contribution >= 0.6 is 0 Å². The quantitative estimate of drug-likeness (QED) is 0.329. The van der Waals surface area contributed by atoms with Gasteiger partial charge in [-0.15, -0.1) is 0 Å². The van der Waals surface area contributed by atoms with Crippen molar-refractivity contribution in [2.45, 2.75) is 71.6 Å². The summed E-state index contributed by atoms with van der Waals surface area (Å²) in [5, 5.41) is 13.7. The first-order valence-electron chi connectivity index (χ1n) is 11.8. The molecule has 1 heterocycles. The van der Waals surface area contributed by atoms with Crippen molar-refractivity contribution in [3.8, 4) is 17.6 Å². The predicted molar refractivity (Wildman–Crippen MR) is 125 cm³/mol. The molecule has 0 spiro atoms. The van der Waals surface area contributed by atoms with Gasteiger partial charge in [-0.05, 0) is 69.2 Å². The van der Waals surface area contributed by atoms with E-state index in [1.807, 2.05) is 32.0 Å². The molecule has 172 valence electrons. The molecule has 0 atom stereocenters. The van der Waals surface area contributed by atoms with Crippen LogP contribution in [0, 0.1) is 17.2 Å². The highest BCUT2D eigenvalue weighted by atomic mass is 16.5. The van der Waals surface area contributed by atoms with Crippen molar-refractivity contribution in [1.29, 1.82) is 5.26 Å². The molecule has 1 aromatic heterocycles. The highest BCUT2D eigenvalue weighted by molar-refractivity contribution is 5.81. The highest BCUT2D eigenvalue weighted by Crippen LogP contribution is 2.38. The number of aromatic nitrogens is 1. The maximum absolute atomic E-state index is 9.47. The van der Waals surface area contributed by atoms with E-state index in [-0.39, 0.29) is 11.6 Å². The minimum atomic E-state index is 0.243. The van der Waals surface area contributed by atoms with E-state index in [0.717, 1.165) is 24.3 Å². The molecule has 0 bridgehead atoms. The Balaban J connectivity index is 1.63. The van der Waals surface area contributed by atoms with Gasteiger partial charge in [-0.2, -0.15) is 10.4 Å². The molecule has 3 rings (SSSR count). The molecular weight excluding hydrogens is 404 g/mol. The Bertz CT molecular complexity index is 924. The van der Waals surface area contributed by atoms with Gasteiger partial charge in [0.1, 0.15) is 6.07 Å². The van der Waals surface area contributed by atoms with Gasteiger partial charge in [-0.3, -0.25) is 0 Å². The Morgan fingerprint density at radius 1 is 1.16 bits per heavy atom. The molecular formula is C25H34N4O3. The molecule has 0 radical (unpaired) electrons. The van der Waals surface area contributed by atoms with Crippen LogP contribution in [0.4, 0.5) is 5.88 Å². The molecule has 2 aromatic rings. The van der Waals surface area contributed by atoms with Gasteiger partial charge in [-0.1, -0.05) is 26.2 Å². The van der Waals surface area contributed by atoms with E-state index in [4.69, 9.17) is 13.9 Å². The third-order valence-corrected chi connectivity index (χ3v) is 5.86. The van der Waals surface area contributed by atoms with Crippen molar-refractivity contribution >= 4 is 12.1 Å². The lowest BCUT2D eigenvalue weighted by atomic mass is 9.80. The van der Waals surface area contributed by atoms with E-state index in [0.29, 0.717) is 36.5 Å². The van der Waals surface area contributed by atoms with Crippen LogP contribution in [0.1, 0.15) is 88.8 Å². The number of unbranched alkanes of at least 4 members (excludes halogenated alkanes) is 1. The number of rotatable bonds is 11. The number of anilines is 1. The van der Waals surface area contributed by atoms with Crippen LogP contribution in [-0.2, 0) is 0 Å². The predicted octanol–water partition coefficient (Wildman–Crippen LogP) is 6.25. The zero-order valence-electron chi connectivity index (χ0n) is 19.4. The van der Waals surface area contributed by atoms with Crippen LogP contribution in [0.2, 0.25) is 0 Å². The van der Waals surface area contributed by atoms with Crippen LogP contribution in [0.25, 0.3) is 0 Å². The Morgan fingerprint density at radius 3 is 2.59 bits per heavy atom. The van der Waals surface area contributed by atoms with E-state index in [1.165, 1.54) is 32.1 Å². The van der Waals surface area contributed by atoms with Crippen molar-refractivity contribution in [2.24, 2.45) is 11.0 Å². The molecule has 1 saturated carbocycles. The Kier molecular flexibility index (Phi) is 8.97. The van der Waals surface area contributed by atoms with Gasteiger partial charge in [0.2, 0.25) is 11.6 Å². The second-order valence-electron chi connectivity index (χ2n) is 8.14. The number of nitriles is 1. The summed E-state index contributed by atoms with van der Waals surface area (Å²) in [6, 6.07) is 7.74. The molecule has 0 amide bonds. The summed E-state index contributed by atoms with van der Waals surface area (Å²) in [7, 11) is 0. The molecule has 0 unspecified atom stereocenters. The fraction of sp³-hybridized carbons (Fsp3) is 0.560. The van der Waals surface area contributed by atoms with Crippen LogP contribution in [0.5, 0.6) is 11.5 Å². The molecule has 1 aliphatic rings. The van der Waals surface area contributed by atoms with Gasteiger partial charge in [0.25, 0.3) is 5.88 Å². The van der Waals surface area contributed by atoms with Crippen molar-refractivity contribution in [2.75, 3.05) is 18.6 Å². The Hall–Kier alpha value is -3.01. The average Bonchev–Trinajstić information content (AvgIpc) is 3.23. The van der Waals surface area contributed by atoms with E-state index in [1.54, 1.807) is 6.21 Å². The Morgan fingerprint density at radius 2 is 1.91 bits per heavy atom. The van der Waals surface area contributed by atoms with Crippen LogP contribution in [-0.4, -0.2) is 24.4 Å². The Labute approximate surface area is 190 Å². The number of hydrogen-bond acceptors (Lipinski definition) is 7. The van der Waals surface area contributed by atoms with Gasteiger partial charge in [-0.25, -0.2) is 10.4 Å².